The third-order valence-corrected chi connectivity index (χ3v) is 8.43. The zero-order valence-electron chi connectivity index (χ0n) is 23.3. The van der Waals surface area contributed by atoms with Crippen molar-refractivity contribution in [3.8, 4) is 28.5 Å². The van der Waals surface area contributed by atoms with E-state index in [-0.39, 0.29) is 11.9 Å². The number of ether oxygens (including phenoxy) is 1. The second-order valence-corrected chi connectivity index (χ2v) is 11.3. The third kappa shape index (κ3) is 5.98. The predicted molar refractivity (Wildman–Crippen MR) is 167 cm³/mol. The summed E-state index contributed by atoms with van der Waals surface area (Å²) >= 11 is 12.7. The molecule has 1 fully saturated rings. The lowest BCUT2D eigenvalue weighted by Crippen LogP contribution is -2.42. The maximum atomic E-state index is 13.9. The Balaban J connectivity index is 1.31. The van der Waals surface area contributed by atoms with E-state index in [0.29, 0.717) is 47.1 Å². The highest BCUT2D eigenvalue weighted by Gasteiger charge is 2.27. The molecule has 0 unspecified atom stereocenters. The lowest BCUT2D eigenvalue weighted by atomic mass is 10.0. The van der Waals surface area contributed by atoms with Gasteiger partial charge < -0.3 is 9.64 Å². The molecule has 0 spiro atoms. The Bertz CT molecular complexity index is 1730. The molecule has 2 aromatic heterocycles. The monoisotopic (exact) mass is 599 g/mol. The van der Waals surface area contributed by atoms with Crippen molar-refractivity contribution in [2.45, 2.75) is 44.7 Å². The summed E-state index contributed by atoms with van der Waals surface area (Å²) < 4.78 is 7.21. The lowest BCUT2D eigenvalue weighted by Gasteiger charge is -2.29. The number of fused-ring (bicyclic) bond motifs is 1. The summed E-state index contributed by atoms with van der Waals surface area (Å²) in [7, 11) is 1.58. The van der Waals surface area contributed by atoms with Crippen LogP contribution in [0.25, 0.3) is 33.5 Å². The summed E-state index contributed by atoms with van der Waals surface area (Å²) in [6.07, 6.45) is 6.29. The number of rotatable bonds is 9. The molecule has 0 N–H and O–H groups in total. The topological polar surface area (TPSA) is 73.1 Å². The summed E-state index contributed by atoms with van der Waals surface area (Å²) in [5.41, 5.74) is 2.61. The molecule has 6 rings (SSSR count). The average molecular weight is 601 g/mol. The van der Waals surface area contributed by atoms with E-state index < -0.39 is 0 Å². The predicted octanol–water partition coefficient (Wildman–Crippen LogP) is 7.49. The van der Waals surface area contributed by atoms with Crippen LogP contribution in [0.5, 0.6) is 5.75 Å². The Morgan fingerprint density at radius 3 is 2.60 bits per heavy atom. The number of carbonyl (C=O) groups excluding carboxylic acids is 1. The molecule has 9 heteroatoms. The number of benzene rings is 3. The van der Waals surface area contributed by atoms with Crippen LogP contribution in [0.1, 0.15) is 31.2 Å². The maximum Gasteiger partial charge on any atom is 0.227 e. The number of hydrogen-bond acceptors (Lipinski definition) is 5. The first-order valence-corrected chi connectivity index (χ1v) is 14.9. The highest BCUT2D eigenvalue weighted by Crippen LogP contribution is 2.31. The first-order valence-electron chi connectivity index (χ1n) is 14.2. The SMILES string of the molecule is COc1ccc(-c2nc(-c3ccnc(Cl)c3)nn2CCN(C(=O)Cc2cccc3ccccc23)C2CCCC2)cc1Cl. The van der Waals surface area contributed by atoms with Crippen molar-refractivity contribution in [2.75, 3.05) is 13.7 Å². The average Bonchev–Trinajstić information content (AvgIpc) is 3.69. The van der Waals surface area contributed by atoms with Crippen LogP contribution in [0.15, 0.2) is 79.0 Å². The molecule has 1 aliphatic carbocycles. The zero-order chi connectivity index (χ0) is 29.1. The fraction of sp³-hybridized carbons (Fsp3) is 0.273. The van der Waals surface area contributed by atoms with Gasteiger partial charge in [0.25, 0.3) is 0 Å². The molecule has 5 aromatic rings. The molecule has 0 radical (unpaired) electrons. The second-order valence-electron chi connectivity index (χ2n) is 10.5. The standard InChI is InChI=1S/C33H31Cl2N5O2/c1-42-29-14-13-25(19-28(29)34)33-37-32(24-15-16-36-30(35)20-24)38-40(33)18-17-39(26-10-3-4-11-26)31(41)21-23-9-6-8-22-7-2-5-12-27(22)23/h2,5-9,12-16,19-20,26H,3-4,10-11,17-18,21H2,1H3. The van der Waals surface area contributed by atoms with Crippen LogP contribution in [0.3, 0.4) is 0 Å². The number of nitrogens with zero attached hydrogens (tertiary/aromatic N) is 5. The summed E-state index contributed by atoms with van der Waals surface area (Å²) in [5, 5.41) is 7.97. The van der Waals surface area contributed by atoms with Gasteiger partial charge in [0, 0.05) is 29.9 Å². The molecule has 0 atom stereocenters. The molecule has 1 saturated carbocycles. The quantitative estimate of drug-likeness (QED) is 0.164. The molecule has 7 nitrogen and oxygen atoms in total. The minimum Gasteiger partial charge on any atom is -0.495 e. The molecule has 0 aliphatic heterocycles. The minimum absolute atomic E-state index is 0.133. The van der Waals surface area contributed by atoms with Crippen molar-refractivity contribution in [2.24, 2.45) is 0 Å². The number of pyridine rings is 1. The van der Waals surface area contributed by atoms with E-state index in [1.807, 2.05) is 47.1 Å². The first kappa shape index (κ1) is 28.2. The van der Waals surface area contributed by atoms with Gasteiger partial charge >= 0.3 is 0 Å². The Labute approximate surface area is 255 Å². The molecule has 214 valence electrons. The van der Waals surface area contributed by atoms with Crippen molar-refractivity contribution in [3.05, 3.63) is 94.7 Å². The van der Waals surface area contributed by atoms with Gasteiger partial charge in [0.2, 0.25) is 5.91 Å². The van der Waals surface area contributed by atoms with Gasteiger partial charge in [-0.15, -0.1) is 0 Å². The molecular formula is C33H31Cl2N5O2. The van der Waals surface area contributed by atoms with E-state index in [1.165, 1.54) is 0 Å². The van der Waals surface area contributed by atoms with Crippen molar-refractivity contribution in [1.82, 2.24) is 24.6 Å². The number of amides is 1. The molecule has 0 bridgehead atoms. The Hall–Kier alpha value is -3.94. The highest BCUT2D eigenvalue weighted by atomic mass is 35.5. The Morgan fingerprint density at radius 1 is 1.00 bits per heavy atom. The fourth-order valence-corrected chi connectivity index (χ4v) is 6.25. The molecule has 1 aliphatic rings. The van der Waals surface area contributed by atoms with Crippen LogP contribution in [0.2, 0.25) is 10.2 Å². The first-order chi connectivity index (χ1) is 20.5. The van der Waals surface area contributed by atoms with E-state index in [4.69, 9.17) is 38.0 Å². The molecular weight excluding hydrogens is 569 g/mol. The van der Waals surface area contributed by atoms with Crippen LogP contribution >= 0.6 is 23.2 Å². The summed E-state index contributed by atoms with van der Waals surface area (Å²) in [4.78, 5) is 24.9. The maximum absolute atomic E-state index is 13.9. The van der Waals surface area contributed by atoms with Gasteiger partial charge in [0.1, 0.15) is 10.9 Å². The lowest BCUT2D eigenvalue weighted by molar-refractivity contribution is -0.132. The molecule has 3 aromatic carbocycles. The smallest absolute Gasteiger partial charge is 0.227 e. The summed E-state index contributed by atoms with van der Waals surface area (Å²) in [6.45, 7) is 0.994. The number of methoxy groups -OCH3 is 1. The van der Waals surface area contributed by atoms with Crippen molar-refractivity contribution in [3.63, 3.8) is 0 Å². The summed E-state index contributed by atoms with van der Waals surface area (Å²) in [5.74, 6) is 1.89. The second kappa shape index (κ2) is 12.5. The van der Waals surface area contributed by atoms with Gasteiger partial charge in [-0.25, -0.2) is 14.6 Å². The number of carbonyl (C=O) groups is 1. The minimum atomic E-state index is 0.133. The number of hydrogen-bond donors (Lipinski definition) is 0. The van der Waals surface area contributed by atoms with Crippen molar-refractivity contribution < 1.29 is 9.53 Å². The molecule has 2 heterocycles. The molecule has 0 saturated heterocycles. The normalized spacial score (nSPS) is 13.5. The van der Waals surface area contributed by atoms with Crippen molar-refractivity contribution in [1.29, 1.82) is 0 Å². The molecule has 1 amide bonds. The van der Waals surface area contributed by atoms with Gasteiger partial charge in [0.05, 0.1) is 25.1 Å². The van der Waals surface area contributed by atoms with E-state index in [1.54, 1.807) is 19.4 Å². The van der Waals surface area contributed by atoms with E-state index in [2.05, 4.69) is 34.1 Å². The fourth-order valence-electron chi connectivity index (χ4n) is 5.82. The van der Waals surface area contributed by atoms with Crippen LogP contribution < -0.4 is 4.74 Å². The van der Waals surface area contributed by atoms with Gasteiger partial charge in [-0.1, -0.05) is 78.5 Å². The van der Waals surface area contributed by atoms with Gasteiger partial charge in [0.15, 0.2) is 11.6 Å². The number of aromatic nitrogens is 4. The van der Waals surface area contributed by atoms with E-state index in [0.717, 1.165) is 53.1 Å². The van der Waals surface area contributed by atoms with E-state index >= 15 is 0 Å². The van der Waals surface area contributed by atoms with Crippen LogP contribution in [-0.2, 0) is 17.8 Å². The van der Waals surface area contributed by atoms with Crippen LogP contribution in [0.4, 0.5) is 0 Å². The number of halogens is 2. The molecule has 42 heavy (non-hydrogen) atoms. The summed E-state index contributed by atoms with van der Waals surface area (Å²) in [6, 6.07) is 23.7. The van der Waals surface area contributed by atoms with Gasteiger partial charge in [-0.3, -0.25) is 4.79 Å². The van der Waals surface area contributed by atoms with Crippen LogP contribution in [-0.4, -0.2) is 50.3 Å². The van der Waals surface area contributed by atoms with Gasteiger partial charge in [-0.2, -0.15) is 5.10 Å². The van der Waals surface area contributed by atoms with Crippen molar-refractivity contribution >= 4 is 39.9 Å². The highest BCUT2D eigenvalue weighted by molar-refractivity contribution is 6.32. The third-order valence-electron chi connectivity index (χ3n) is 7.93. The Morgan fingerprint density at radius 2 is 1.81 bits per heavy atom. The van der Waals surface area contributed by atoms with Crippen LogP contribution in [0, 0.1) is 0 Å². The van der Waals surface area contributed by atoms with Gasteiger partial charge in [-0.05, 0) is 59.5 Å². The zero-order valence-corrected chi connectivity index (χ0v) is 24.9. The van der Waals surface area contributed by atoms with E-state index in [9.17, 15) is 4.79 Å². The Kier molecular flexibility index (Phi) is 8.40. The largest absolute Gasteiger partial charge is 0.495 e.